The van der Waals surface area contributed by atoms with Crippen LogP contribution < -0.4 is 6.15 Å². The van der Waals surface area contributed by atoms with Gasteiger partial charge in [-0.05, 0) is 46.0 Å². The highest BCUT2D eigenvalue weighted by Gasteiger charge is 2.22. The van der Waals surface area contributed by atoms with Gasteiger partial charge in [0.05, 0.1) is 12.2 Å². The summed E-state index contributed by atoms with van der Waals surface area (Å²) in [5.74, 6) is -0.298. The van der Waals surface area contributed by atoms with E-state index in [1.807, 2.05) is 0 Å². The molecule has 0 saturated heterocycles. The minimum atomic E-state index is -4.76. The molecule has 0 aliphatic heterocycles. The summed E-state index contributed by atoms with van der Waals surface area (Å²) in [6.07, 6.45) is 20.8. The molecule has 0 unspecified atom stereocenters. The van der Waals surface area contributed by atoms with Crippen molar-refractivity contribution in [1.82, 2.24) is 6.15 Å². The molecule has 0 aliphatic rings. The molecule has 0 amide bonds. The Labute approximate surface area is 190 Å². The fourth-order valence-electron chi connectivity index (χ4n) is 3.14. The Hall–Kier alpha value is -0.960. The summed E-state index contributed by atoms with van der Waals surface area (Å²) in [7, 11) is -4.76. The molecule has 0 rings (SSSR count). The van der Waals surface area contributed by atoms with Crippen LogP contribution in [0.25, 0.3) is 0 Å². The van der Waals surface area contributed by atoms with Gasteiger partial charge in [-0.2, -0.15) is 0 Å². The highest BCUT2D eigenvalue weighted by Crippen LogP contribution is 2.17. The molecular formula is C23H47NO6S. The number of rotatable bonds is 20. The number of hydrogen-bond donors (Lipinski definition) is 1. The molecule has 0 fully saturated rings. The van der Waals surface area contributed by atoms with E-state index in [0.29, 0.717) is 6.42 Å². The number of unbranched alkanes of at least 4 members (excludes halogenated alkanes) is 11. The monoisotopic (exact) mass is 465 g/mol. The van der Waals surface area contributed by atoms with Gasteiger partial charge in [-0.1, -0.05) is 70.4 Å². The highest BCUT2D eigenvalue weighted by atomic mass is 32.3. The molecule has 0 aliphatic carbocycles. The van der Waals surface area contributed by atoms with Gasteiger partial charge < -0.3 is 15.4 Å². The van der Waals surface area contributed by atoms with Gasteiger partial charge in [-0.3, -0.25) is 8.98 Å². The first kappa shape index (κ1) is 32.2. The lowest BCUT2D eigenvalue weighted by molar-refractivity contribution is -0.144. The van der Waals surface area contributed by atoms with Crippen molar-refractivity contribution >= 4 is 16.4 Å². The SMILES string of the molecule is CCCCCCCC/C=C\CCCCCCCC(=O)OCCC(C)(C)OS(=O)(=O)[O-].[NH4+]. The molecule has 0 heterocycles. The number of ether oxygens (including phenoxy) is 1. The number of hydrogen-bond acceptors (Lipinski definition) is 6. The Morgan fingerprint density at radius 2 is 1.35 bits per heavy atom. The van der Waals surface area contributed by atoms with Crippen LogP contribution >= 0.6 is 0 Å². The average Bonchev–Trinajstić information content (AvgIpc) is 2.62. The van der Waals surface area contributed by atoms with E-state index in [2.05, 4.69) is 23.3 Å². The molecule has 0 aromatic heterocycles. The van der Waals surface area contributed by atoms with Gasteiger partial charge in [0.15, 0.2) is 0 Å². The third-order valence-electron chi connectivity index (χ3n) is 4.94. The van der Waals surface area contributed by atoms with Gasteiger partial charge in [0.2, 0.25) is 10.4 Å². The molecule has 186 valence electrons. The molecule has 0 atom stereocenters. The molecule has 0 aromatic rings. The Kier molecular flexibility index (Phi) is 20.5. The van der Waals surface area contributed by atoms with Crippen LogP contribution in [0.4, 0.5) is 0 Å². The summed E-state index contributed by atoms with van der Waals surface area (Å²) in [5, 5.41) is 0. The molecule has 0 bridgehead atoms. The van der Waals surface area contributed by atoms with E-state index >= 15 is 0 Å². The van der Waals surface area contributed by atoms with E-state index in [0.717, 1.165) is 25.7 Å². The topological polar surface area (TPSA) is 129 Å². The second-order valence-electron chi connectivity index (χ2n) is 8.56. The van der Waals surface area contributed by atoms with Crippen molar-refractivity contribution in [2.24, 2.45) is 0 Å². The van der Waals surface area contributed by atoms with Gasteiger partial charge in [-0.15, -0.1) is 0 Å². The number of carbonyl (C=O) groups is 1. The maximum atomic E-state index is 11.7. The molecular weight excluding hydrogens is 418 g/mol. The molecule has 0 saturated carbocycles. The van der Waals surface area contributed by atoms with Crippen LogP contribution in [0, 0.1) is 0 Å². The fourth-order valence-corrected chi connectivity index (χ4v) is 3.78. The van der Waals surface area contributed by atoms with Gasteiger partial charge in [0.1, 0.15) is 0 Å². The molecule has 8 heteroatoms. The van der Waals surface area contributed by atoms with E-state index in [1.165, 1.54) is 71.6 Å². The normalized spacial score (nSPS) is 12.1. The van der Waals surface area contributed by atoms with Gasteiger partial charge in [0, 0.05) is 12.8 Å². The number of carbonyl (C=O) groups excluding carboxylic acids is 1. The van der Waals surface area contributed by atoms with Crippen molar-refractivity contribution in [2.45, 2.75) is 123 Å². The van der Waals surface area contributed by atoms with Crippen LogP contribution in [0.2, 0.25) is 0 Å². The average molecular weight is 466 g/mol. The van der Waals surface area contributed by atoms with Crippen molar-refractivity contribution in [3.63, 3.8) is 0 Å². The number of allylic oxidation sites excluding steroid dienone is 2. The van der Waals surface area contributed by atoms with E-state index in [4.69, 9.17) is 4.74 Å². The molecule has 7 nitrogen and oxygen atoms in total. The van der Waals surface area contributed by atoms with Crippen LogP contribution in [0.1, 0.15) is 117 Å². The first-order valence-electron chi connectivity index (χ1n) is 11.6. The quantitative estimate of drug-likeness (QED) is 0.0709. The van der Waals surface area contributed by atoms with Crippen LogP contribution in [-0.4, -0.2) is 31.1 Å². The van der Waals surface area contributed by atoms with Gasteiger partial charge in [0.25, 0.3) is 0 Å². The first-order chi connectivity index (χ1) is 14.2. The standard InChI is InChI=1S/C23H44O6S.H3N/c1-4-5-6-7-8-9-10-11-12-13-14-15-16-17-18-19-22(24)28-21-20-23(2,3)29-30(25,26)27;/h11-12H,4-10,13-21H2,1-3H3,(H,25,26,27);1H3/b12-11-;. The minimum Gasteiger partial charge on any atom is -0.726 e. The van der Waals surface area contributed by atoms with Crippen LogP contribution in [0.5, 0.6) is 0 Å². The summed E-state index contributed by atoms with van der Waals surface area (Å²) >= 11 is 0. The zero-order chi connectivity index (χ0) is 22.7. The maximum absolute atomic E-state index is 11.7. The lowest BCUT2D eigenvalue weighted by Crippen LogP contribution is -2.30. The van der Waals surface area contributed by atoms with E-state index in [-0.39, 0.29) is 25.1 Å². The Balaban J connectivity index is 0. The molecule has 0 radical (unpaired) electrons. The molecule has 0 spiro atoms. The second-order valence-corrected chi connectivity index (χ2v) is 9.54. The zero-order valence-corrected chi connectivity index (χ0v) is 21.1. The Bertz CT molecular complexity index is 560. The van der Waals surface area contributed by atoms with Gasteiger partial charge >= 0.3 is 5.97 Å². The van der Waals surface area contributed by atoms with Crippen LogP contribution in [-0.2, 0) is 24.1 Å². The maximum Gasteiger partial charge on any atom is 0.305 e. The summed E-state index contributed by atoms with van der Waals surface area (Å²) in [6, 6.07) is 0. The van der Waals surface area contributed by atoms with Crippen molar-refractivity contribution in [3.8, 4) is 0 Å². The summed E-state index contributed by atoms with van der Waals surface area (Å²) in [5.41, 5.74) is -1.18. The van der Waals surface area contributed by atoms with E-state index in [1.54, 1.807) is 0 Å². The number of esters is 1. The van der Waals surface area contributed by atoms with Gasteiger partial charge in [-0.25, -0.2) is 8.42 Å². The predicted octanol–water partition coefficient (Wildman–Crippen LogP) is 6.59. The van der Waals surface area contributed by atoms with Crippen LogP contribution in [0.3, 0.4) is 0 Å². The highest BCUT2D eigenvalue weighted by molar-refractivity contribution is 7.80. The van der Waals surface area contributed by atoms with Crippen molar-refractivity contribution in [2.75, 3.05) is 6.61 Å². The smallest absolute Gasteiger partial charge is 0.305 e. The second kappa shape index (κ2) is 19.7. The summed E-state index contributed by atoms with van der Waals surface area (Å²) in [4.78, 5) is 11.7. The zero-order valence-electron chi connectivity index (χ0n) is 20.3. The number of quaternary nitrogens is 1. The van der Waals surface area contributed by atoms with Crippen molar-refractivity contribution in [3.05, 3.63) is 12.2 Å². The molecule has 0 aromatic carbocycles. The summed E-state index contributed by atoms with van der Waals surface area (Å²) in [6.45, 7) is 5.22. The Morgan fingerprint density at radius 3 is 1.87 bits per heavy atom. The lowest BCUT2D eigenvalue weighted by atomic mass is 10.1. The van der Waals surface area contributed by atoms with Crippen molar-refractivity contribution in [1.29, 1.82) is 0 Å². The Morgan fingerprint density at radius 1 is 0.871 bits per heavy atom. The summed E-state index contributed by atoms with van der Waals surface area (Å²) < 4.78 is 41.4. The molecule has 31 heavy (non-hydrogen) atoms. The fraction of sp³-hybridized carbons (Fsp3) is 0.870. The van der Waals surface area contributed by atoms with E-state index in [9.17, 15) is 17.8 Å². The largest absolute Gasteiger partial charge is 0.726 e. The first-order valence-corrected chi connectivity index (χ1v) is 13.0. The van der Waals surface area contributed by atoms with Crippen molar-refractivity contribution < 1.29 is 26.7 Å². The lowest BCUT2D eigenvalue weighted by Gasteiger charge is -2.25. The third kappa shape index (κ3) is 25.2. The van der Waals surface area contributed by atoms with Crippen LogP contribution in [0.15, 0.2) is 12.2 Å². The minimum absolute atomic E-state index is 0. The predicted molar refractivity (Wildman–Crippen MR) is 126 cm³/mol. The molecule has 4 N–H and O–H groups in total. The van der Waals surface area contributed by atoms with E-state index < -0.39 is 16.0 Å². The third-order valence-corrected chi connectivity index (χ3v) is 5.59.